The standard InChI is InChI=1S/C71H137N2O7P/c1-7-10-13-16-19-22-25-27-29-31-32-33-34-35-36-37-38-39-40-42-43-45-48-51-54-57-60-63-70(74)72-68(67-79-81(76,77)78-66-65-73(4,5)6)69(62-59-56-53-50-47-24-21-18-15-12-9-3)80-71(75)64-61-58-55-52-49-46-44-41-30-28-26-23-20-17-14-11-8-2/h27-30,59,62,68-69H,7-26,31-58,60-61,63-67H2,1-6H3,(H-,72,74,76,77)/b29-27+,30-28+,62-59-. The SMILES string of the molecule is CCCCCCCC/C=C/CCCCCCCCCCCCCCCCCCCC(=O)NC(COP(=O)([O-])OCC[N+](C)(C)C)C(/C=C\CCCCCCCCCCC)OC(=O)CCCCCCCCC/C=C/CCCCCCCC. The van der Waals surface area contributed by atoms with Gasteiger partial charge in [0.05, 0.1) is 33.8 Å². The van der Waals surface area contributed by atoms with Crippen molar-refractivity contribution in [2.75, 3.05) is 40.9 Å². The van der Waals surface area contributed by atoms with Gasteiger partial charge >= 0.3 is 5.97 Å². The number of hydrogen-bond donors (Lipinski definition) is 1. The van der Waals surface area contributed by atoms with E-state index in [1.807, 2.05) is 33.3 Å². The molecule has 0 aliphatic rings. The number of carbonyl (C=O) groups is 2. The Kier molecular flexibility index (Phi) is 60.0. The maximum absolute atomic E-state index is 13.6. The van der Waals surface area contributed by atoms with Gasteiger partial charge in [0.25, 0.3) is 7.82 Å². The molecule has 0 saturated heterocycles. The molecule has 0 fully saturated rings. The van der Waals surface area contributed by atoms with E-state index in [-0.39, 0.29) is 31.5 Å². The first-order chi connectivity index (χ1) is 39.4. The Hall–Kier alpha value is -1.77. The molecule has 478 valence electrons. The molecular weight excluding hydrogens is 1020 g/mol. The zero-order valence-electron chi connectivity index (χ0n) is 54.8. The number of nitrogens with one attached hydrogen (secondary N) is 1. The lowest BCUT2D eigenvalue weighted by Gasteiger charge is -2.30. The molecule has 10 heteroatoms. The maximum atomic E-state index is 13.6. The van der Waals surface area contributed by atoms with E-state index in [0.29, 0.717) is 17.4 Å². The van der Waals surface area contributed by atoms with Crippen molar-refractivity contribution in [2.24, 2.45) is 0 Å². The molecule has 3 unspecified atom stereocenters. The Balaban J connectivity index is 4.95. The Morgan fingerprint density at radius 2 is 0.716 bits per heavy atom. The van der Waals surface area contributed by atoms with Crippen LogP contribution in [0, 0.1) is 0 Å². The number of quaternary nitrogens is 1. The number of amides is 1. The lowest BCUT2D eigenvalue weighted by atomic mass is 10.0. The molecule has 3 atom stereocenters. The summed E-state index contributed by atoms with van der Waals surface area (Å²) in [6, 6.07) is -0.887. The van der Waals surface area contributed by atoms with E-state index in [9.17, 15) is 19.0 Å². The monoisotopic (exact) mass is 1160 g/mol. The number of phosphoric ester groups is 1. The van der Waals surface area contributed by atoms with Crippen LogP contribution in [0.1, 0.15) is 355 Å². The summed E-state index contributed by atoms with van der Waals surface area (Å²) in [5.41, 5.74) is 0. The predicted molar refractivity (Wildman–Crippen MR) is 349 cm³/mol. The van der Waals surface area contributed by atoms with Gasteiger partial charge < -0.3 is 28.5 Å². The highest BCUT2D eigenvalue weighted by molar-refractivity contribution is 7.45. The minimum Gasteiger partial charge on any atom is -0.756 e. The topological polar surface area (TPSA) is 114 Å². The van der Waals surface area contributed by atoms with Crippen LogP contribution in [0.2, 0.25) is 0 Å². The van der Waals surface area contributed by atoms with E-state index in [1.54, 1.807) is 0 Å². The molecule has 1 N–H and O–H groups in total. The molecule has 0 aliphatic carbocycles. The zero-order valence-corrected chi connectivity index (χ0v) is 55.7. The molecule has 81 heavy (non-hydrogen) atoms. The number of rotatable bonds is 65. The molecule has 0 aromatic rings. The number of ether oxygens (including phenoxy) is 1. The second kappa shape index (κ2) is 61.3. The molecule has 1 amide bonds. The largest absolute Gasteiger partial charge is 0.756 e. The predicted octanol–water partition coefficient (Wildman–Crippen LogP) is 21.6. The van der Waals surface area contributed by atoms with Gasteiger partial charge in [0.15, 0.2) is 0 Å². The highest BCUT2D eigenvalue weighted by Gasteiger charge is 2.27. The summed E-state index contributed by atoms with van der Waals surface area (Å²) in [4.78, 5) is 40.1. The first kappa shape index (κ1) is 79.2. The van der Waals surface area contributed by atoms with Crippen molar-refractivity contribution < 1.29 is 37.3 Å². The molecule has 0 bridgehead atoms. The van der Waals surface area contributed by atoms with E-state index >= 15 is 0 Å². The maximum Gasteiger partial charge on any atom is 0.306 e. The van der Waals surface area contributed by atoms with Crippen LogP contribution in [-0.4, -0.2) is 69.4 Å². The first-order valence-electron chi connectivity index (χ1n) is 35.3. The summed E-state index contributed by atoms with van der Waals surface area (Å²) in [5, 5.41) is 3.04. The van der Waals surface area contributed by atoms with Gasteiger partial charge in [0.1, 0.15) is 19.3 Å². The second-order valence-electron chi connectivity index (χ2n) is 25.4. The normalized spacial score (nSPS) is 13.7. The van der Waals surface area contributed by atoms with E-state index in [0.717, 1.165) is 70.6 Å². The van der Waals surface area contributed by atoms with Gasteiger partial charge in [0.2, 0.25) is 5.91 Å². The van der Waals surface area contributed by atoms with Crippen LogP contribution >= 0.6 is 7.82 Å². The number of phosphoric acid groups is 1. The first-order valence-corrected chi connectivity index (χ1v) is 36.8. The van der Waals surface area contributed by atoms with Gasteiger partial charge in [-0.1, -0.05) is 295 Å². The number of carbonyl (C=O) groups excluding carboxylic acids is 2. The minimum absolute atomic E-state index is 0.0204. The van der Waals surface area contributed by atoms with Crippen LogP contribution in [-0.2, 0) is 27.9 Å². The average molecular weight is 1160 g/mol. The summed E-state index contributed by atoms with van der Waals surface area (Å²) < 4.78 is 30.4. The lowest BCUT2D eigenvalue weighted by molar-refractivity contribution is -0.870. The summed E-state index contributed by atoms with van der Waals surface area (Å²) >= 11 is 0. The van der Waals surface area contributed by atoms with Crippen LogP contribution in [0.25, 0.3) is 0 Å². The van der Waals surface area contributed by atoms with Gasteiger partial charge in [-0.25, -0.2) is 0 Å². The number of likely N-dealkylation sites (N-methyl/N-ethyl adjacent to an activating group) is 1. The van der Waals surface area contributed by atoms with Gasteiger partial charge in [-0.05, 0) is 83.1 Å². The van der Waals surface area contributed by atoms with Crippen LogP contribution in [0.4, 0.5) is 0 Å². The van der Waals surface area contributed by atoms with Gasteiger partial charge in [-0.3, -0.25) is 14.2 Å². The Morgan fingerprint density at radius 3 is 1.05 bits per heavy atom. The molecule has 0 spiro atoms. The van der Waals surface area contributed by atoms with Crippen molar-refractivity contribution >= 4 is 19.7 Å². The molecular formula is C71H137N2O7P. The third-order valence-electron chi connectivity index (χ3n) is 16.0. The Bertz CT molecular complexity index is 1480. The van der Waals surface area contributed by atoms with Crippen molar-refractivity contribution in [2.45, 2.75) is 367 Å². The quantitative estimate of drug-likeness (QED) is 0.0212. The van der Waals surface area contributed by atoms with E-state index in [1.165, 1.54) is 250 Å². The zero-order chi connectivity index (χ0) is 59.3. The van der Waals surface area contributed by atoms with Crippen molar-refractivity contribution in [3.05, 3.63) is 36.5 Å². The third-order valence-corrected chi connectivity index (χ3v) is 17.0. The van der Waals surface area contributed by atoms with Crippen LogP contribution in [0.5, 0.6) is 0 Å². The van der Waals surface area contributed by atoms with Crippen LogP contribution < -0.4 is 10.2 Å². The molecule has 0 aliphatic heterocycles. The average Bonchev–Trinajstić information content (AvgIpc) is 3.43. The van der Waals surface area contributed by atoms with E-state index in [4.69, 9.17) is 13.8 Å². The molecule has 0 heterocycles. The molecule has 0 aromatic carbocycles. The van der Waals surface area contributed by atoms with Crippen molar-refractivity contribution in [1.29, 1.82) is 0 Å². The van der Waals surface area contributed by atoms with Gasteiger partial charge in [0, 0.05) is 12.8 Å². The number of unbranched alkanes of at least 4 members (excludes halogenated alkanes) is 45. The molecule has 0 radical (unpaired) electrons. The Morgan fingerprint density at radius 1 is 0.420 bits per heavy atom. The summed E-state index contributed by atoms with van der Waals surface area (Å²) in [6.07, 6.45) is 75.6. The minimum atomic E-state index is -4.70. The van der Waals surface area contributed by atoms with Gasteiger partial charge in [-0.15, -0.1) is 0 Å². The number of nitrogens with zero attached hydrogens (tertiary/aromatic N) is 1. The molecule has 0 aromatic heterocycles. The van der Waals surface area contributed by atoms with Gasteiger partial charge in [-0.2, -0.15) is 0 Å². The van der Waals surface area contributed by atoms with E-state index in [2.05, 4.69) is 50.4 Å². The summed E-state index contributed by atoms with van der Waals surface area (Å²) in [7, 11) is 1.20. The summed E-state index contributed by atoms with van der Waals surface area (Å²) in [5.74, 6) is -0.529. The lowest BCUT2D eigenvalue weighted by Crippen LogP contribution is -2.47. The number of hydrogen-bond acceptors (Lipinski definition) is 7. The fraction of sp³-hybridized carbons (Fsp3) is 0.887. The summed E-state index contributed by atoms with van der Waals surface area (Å²) in [6.45, 7) is 6.88. The van der Waals surface area contributed by atoms with Crippen molar-refractivity contribution in [3.63, 3.8) is 0 Å². The van der Waals surface area contributed by atoms with Crippen molar-refractivity contribution in [3.8, 4) is 0 Å². The number of allylic oxidation sites excluding steroid dienone is 5. The van der Waals surface area contributed by atoms with Crippen molar-refractivity contribution in [1.82, 2.24) is 5.32 Å². The number of esters is 1. The van der Waals surface area contributed by atoms with Crippen LogP contribution in [0.15, 0.2) is 36.5 Å². The fourth-order valence-electron chi connectivity index (χ4n) is 10.6. The molecule has 9 nitrogen and oxygen atoms in total. The highest BCUT2D eigenvalue weighted by Crippen LogP contribution is 2.38. The fourth-order valence-corrected chi connectivity index (χ4v) is 11.3. The van der Waals surface area contributed by atoms with Crippen LogP contribution in [0.3, 0.4) is 0 Å². The Labute approximate surface area is 504 Å². The molecule has 0 saturated carbocycles. The smallest absolute Gasteiger partial charge is 0.306 e. The molecule has 0 rings (SSSR count). The second-order valence-corrected chi connectivity index (χ2v) is 26.8. The van der Waals surface area contributed by atoms with E-state index < -0.39 is 20.0 Å². The highest BCUT2D eigenvalue weighted by atomic mass is 31.2. The third kappa shape index (κ3) is 62.6.